The lowest BCUT2D eigenvalue weighted by Gasteiger charge is -2.11. The SMILES string of the molecule is CC(CNc1nc(NN)nc(-n2cccn2)n1)S(C)=O. The highest BCUT2D eigenvalue weighted by Gasteiger charge is 2.10. The zero-order valence-electron chi connectivity index (χ0n) is 11.1. The van der Waals surface area contributed by atoms with E-state index in [1.165, 1.54) is 4.68 Å². The van der Waals surface area contributed by atoms with E-state index in [9.17, 15) is 4.21 Å². The van der Waals surface area contributed by atoms with Crippen molar-refractivity contribution in [3.8, 4) is 5.95 Å². The number of nitrogen functional groups attached to an aromatic ring is 1. The first kappa shape index (κ1) is 14.3. The van der Waals surface area contributed by atoms with Gasteiger partial charge in [-0.05, 0) is 13.0 Å². The first-order valence-electron chi connectivity index (χ1n) is 5.89. The smallest absolute Gasteiger partial charge is 0.257 e. The van der Waals surface area contributed by atoms with E-state index in [4.69, 9.17) is 5.84 Å². The van der Waals surface area contributed by atoms with Gasteiger partial charge in [-0.2, -0.15) is 20.1 Å². The fourth-order valence-electron chi connectivity index (χ4n) is 1.35. The topological polar surface area (TPSA) is 124 Å². The summed E-state index contributed by atoms with van der Waals surface area (Å²) in [5.74, 6) is 6.24. The summed E-state index contributed by atoms with van der Waals surface area (Å²) in [7, 11) is -0.918. The molecule has 10 heteroatoms. The Bertz CT molecular complexity index is 587. The molecular weight excluding hydrogens is 280 g/mol. The minimum atomic E-state index is -0.918. The van der Waals surface area contributed by atoms with E-state index < -0.39 is 10.8 Å². The molecule has 0 saturated carbocycles. The molecule has 2 aromatic heterocycles. The Morgan fingerprint density at radius 2 is 2.15 bits per heavy atom. The summed E-state index contributed by atoms with van der Waals surface area (Å²) >= 11 is 0. The molecule has 9 nitrogen and oxygen atoms in total. The second-order valence-corrected chi connectivity index (χ2v) is 5.87. The van der Waals surface area contributed by atoms with Crippen molar-refractivity contribution in [3.05, 3.63) is 18.5 Å². The standard InChI is InChI=1S/C10H16N8OS/c1-7(20(2)19)6-12-8-14-9(17-11)16-10(15-8)18-5-3-4-13-18/h3-5,7H,6,11H2,1-2H3,(H2,12,14,15,16,17). The van der Waals surface area contributed by atoms with Crippen LogP contribution in [0.4, 0.5) is 11.9 Å². The van der Waals surface area contributed by atoms with Gasteiger partial charge in [0.25, 0.3) is 5.95 Å². The van der Waals surface area contributed by atoms with Gasteiger partial charge < -0.3 is 5.32 Å². The minimum absolute atomic E-state index is 0.0193. The summed E-state index contributed by atoms with van der Waals surface area (Å²) in [6.45, 7) is 2.36. The van der Waals surface area contributed by atoms with Crippen molar-refractivity contribution in [2.75, 3.05) is 23.5 Å². The fraction of sp³-hybridized carbons (Fsp3) is 0.400. The molecule has 0 aliphatic rings. The van der Waals surface area contributed by atoms with Gasteiger partial charge in [-0.3, -0.25) is 9.63 Å². The maximum atomic E-state index is 11.3. The second-order valence-electron chi connectivity index (χ2n) is 4.07. The molecule has 0 radical (unpaired) electrons. The lowest BCUT2D eigenvalue weighted by Crippen LogP contribution is -2.23. The number of rotatable bonds is 6. The van der Waals surface area contributed by atoms with Crippen LogP contribution < -0.4 is 16.6 Å². The Morgan fingerprint density at radius 1 is 1.40 bits per heavy atom. The van der Waals surface area contributed by atoms with Crippen LogP contribution in [0.25, 0.3) is 5.95 Å². The molecule has 0 spiro atoms. The van der Waals surface area contributed by atoms with E-state index >= 15 is 0 Å². The Kier molecular flexibility index (Phi) is 4.58. The van der Waals surface area contributed by atoms with E-state index in [-0.39, 0.29) is 11.2 Å². The molecule has 4 N–H and O–H groups in total. The predicted molar refractivity (Wildman–Crippen MR) is 76.8 cm³/mol. The van der Waals surface area contributed by atoms with E-state index in [0.717, 1.165) is 0 Å². The lowest BCUT2D eigenvalue weighted by atomic mass is 10.5. The molecule has 0 fully saturated rings. The number of nitrogens with two attached hydrogens (primary N) is 1. The summed E-state index contributed by atoms with van der Waals surface area (Å²) in [4.78, 5) is 12.4. The van der Waals surface area contributed by atoms with E-state index in [0.29, 0.717) is 18.4 Å². The van der Waals surface area contributed by atoms with Crippen LogP contribution in [0.2, 0.25) is 0 Å². The van der Waals surface area contributed by atoms with Gasteiger partial charge in [0.15, 0.2) is 0 Å². The van der Waals surface area contributed by atoms with Crippen molar-refractivity contribution in [1.82, 2.24) is 24.7 Å². The van der Waals surface area contributed by atoms with Gasteiger partial charge in [0, 0.05) is 41.2 Å². The molecule has 20 heavy (non-hydrogen) atoms. The van der Waals surface area contributed by atoms with Crippen LogP contribution in [0.1, 0.15) is 6.92 Å². The van der Waals surface area contributed by atoms with Crippen LogP contribution in [0, 0.1) is 0 Å². The van der Waals surface area contributed by atoms with E-state index in [2.05, 4.69) is 30.8 Å². The molecule has 0 saturated heterocycles. The van der Waals surface area contributed by atoms with Crippen molar-refractivity contribution in [2.24, 2.45) is 5.84 Å². The average Bonchev–Trinajstić information content (AvgIpc) is 2.98. The number of hydrogen-bond acceptors (Lipinski definition) is 8. The van der Waals surface area contributed by atoms with Crippen LogP contribution in [-0.2, 0) is 10.8 Å². The monoisotopic (exact) mass is 296 g/mol. The van der Waals surface area contributed by atoms with E-state index in [1.807, 2.05) is 6.92 Å². The molecule has 2 unspecified atom stereocenters. The number of aromatic nitrogens is 5. The minimum Gasteiger partial charge on any atom is -0.353 e. The predicted octanol–water partition coefficient (Wildman–Crippen LogP) is -0.478. The van der Waals surface area contributed by atoms with Crippen molar-refractivity contribution in [3.63, 3.8) is 0 Å². The second kappa shape index (κ2) is 6.39. The number of nitrogens with one attached hydrogen (secondary N) is 2. The quantitative estimate of drug-likeness (QED) is 0.482. The van der Waals surface area contributed by atoms with Gasteiger partial charge in [-0.1, -0.05) is 0 Å². The molecule has 0 bridgehead atoms. The van der Waals surface area contributed by atoms with Gasteiger partial charge in [-0.15, -0.1) is 0 Å². The first-order chi connectivity index (χ1) is 9.60. The molecular formula is C10H16N8OS. The van der Waals surface area contributed by atoms with Crippen LogP contribution in [-0.4, -0.2) is 47.0 Å². The van der Waals surface area contributed by atoms with Crippen LogP contribution in [0.15, 0.2) is 18.5 Å². The molecule has 2 aromatic rings. The first-order valence-corrected chi connectivity index (χ1v) is 7.51. The van der Waals surface area contributed by atoms with Gasteiger partial charge in [0.2, 0.25) is 11.9 Å². The normalized spacial score (nSPS) is 13.8. The zero-order chi connectivity index (χ0) is 14.5. The average molecular weight is 296 g/mol. The summed E-state index contributed by atoms with van der Waals surface area (Å²) in [6, 6.07) is 1.76. The molecule has 0 amide bonds. The number of anilines is 2. The highest BCUT2D eigenvalue weighted by Crippen LogP contribution is 2.08. The molecule has 2 atom stereocenters. The van der Waals surface area contributed by atoms with Crippen molar-refractivity contribution < 1.29 is 4.21 Å². The Balaban J connectivity index is 2.20. The Morgan fingerprint density at radius 3 is 2.75 bits per heavy atom. The number of hydrogen-bond donors (Lipinski definition) is 3. The van der Waals surface area contributed by atoms with Crippen LogP contribution >= 0.6 is 0 Å². The molecule has 0 aliphatic carbocycles. The molecule has 0 aliphatic heterocycles. The van der Waals surface area contributed by atoms with Crippen molar-refractivity contribution in [2.45, 2.75) is 12.2 Å². The van der Waals surface area contributed by atoms with Gasteiger partial charge in [-0.25, -0.2) is 10.5 Å². The fourth-order valence-corrected chi connectivity index (χ4v) is 1.67. The summed E-state index contributed by atoms with van der Waals surface area (Å²) in [6.07, 6.45) is 4.99. The van der Waals surface area contributed by atoms with Gasteiger partial charge >= 0.3 is 0 Å². The zero-order valence-corrected chi connectivity index (χ0v) is 12.0. The largest absolute Gasteiger partial charge is 0.353 e. The van der Waals surface area contributed by atoms with Gasteiger partial charge in [0.05, 0.1) is 0 Å². The lowest BCUT2D eigenvalue weighted by molar-refractivity contribution is 0.678. The Hall–Kier alpha value is -2.07. The highest BCUT2D eigenvalue weighted by molar-refractivity contribution is 7.84. The highest BCUT2D eigenvalue weighted by atomic mass is 32.2. The maximum Gasteiger partial charge on any atom is 0.257 e. The Labute approximate surface area is 118 Å². The third-order valence-corrected chi connectivity index (χ3v) is 3.88. The van der Waals surface area contributed by atoms with E-state index in [1.54, 1.807) is 24.7 Å². The number of hydrazine groups is 1. The van der Waals surface area contributed by atoms with Crippen molar-refractivity contribution >= 4 is 22.7 Å². The van der Waals surface area contributed by atoms with Crippen molar-refractivity contribution in [1.29, 1.82) is 0 Å². The third kappa shape index (κ3) is 3.48. The summed E-state index contributed by atoms with van der Waals surface area (Å²) in [5.41, 5.74) is 2.38. The van der Waals surface area contributed by atoms with Crippen LogP contribution in [0.3, 0.4) is 0 Å². The number of nitrogens with zero attached hydrogens (tertiary/aromatic N) is 5. The molecule has 2 heterocycles. The molecule has 108 valence electrons. The summed E-state index contributed by atoms with van der Waals surface area (Å²) in [5, 5.41) is 7.04. The third-order valence-electron chi connectivity index (χ3n) is 2.58. The maximum absolute atomic E-state index is 11.3. The van der Waals surface area contributed by atoms with Crippen LogP contribution in [0.5, 0.6) is 0 Å². The summed E-state index contributed by atoms with van der Waals surface area (Å²) < 4.78 is 12.8. The van der Waals surface area contributed by atoms with Gasteiger partial charge in [0.1, 0.15) is 0 Å². The molecule has 2 rings (SSSR count). The molecule has 0 aromatic carbocycles.